The van der Waals surface area contributed by atoms with Gasteiger partial charge in [0.1, 0.15) is 5.75 Å². The molecule has 1 aliphatic heterocycles. The summed E-state index contributed by atoms with van der Waals surface area (Å²) < 4.78 is 5.12. The maximum Gasteiger partial charge on any atom is 0.222 e. The van der Waals surface area contributed by atoms with Crippen molar-refractivity contribution in [3.8, 4) is 5.75 Å². The van der Waals surface area contributed by atoms with Crippen LogP contribution in [0.4, 0.5) is 0 Å². The van der Waals surface area contributed by atoms with E-state index in [-0.39, 0.29) is 11.9 Å². The third kappa shape index (κ3) is 3.23. The largest absolute Gasteiger partial charge is 0.497 e. The van der Waals surface area contributed by atoms with Crippen LogP contribution in [0.15, 0.2) is 24.3 Å². The second-order valence-electron chi connectivity index (χ2n) is 4.75. The Kier molecular flexibility index (Phi) is 4.20. The number of methoxy groups -OCH3 is 1. The number of likely N-dealkylation sites (tertiary alicyclic amines) is 1. The van der Waals surface area contributed by atoms with Crippen molar-refractivity contribution in [2.75, 3.05) is 13.7 Å². The van der Waals surface area contributed by atoms with Crippen LogP contribution in [-0.4, -0.2) is 30.5 Å². The summed E-state index contributed by atoms with van der Waals surface area (Å²) in [5, 5.41) is 0. The molecule has 0 bridgehead atoms. The van der Waals surface area contributed by atoms with E-state index in [1.54, 1.807) is 7.11 Å². The molecule has 1 aromatic carbocycles. The third-order valence-electron chi connectivity index (χ3n) is 3.38. The first-order valence-corrected chi connectivity index (χ1v) is 6.35. The highest BCUT2D eigenvalue weighted by Gasteiger charge is 2.20. The zero-order valence-electron chi connectivity index (χ0n) is 10.8. The highest BCUT2D eigenvalue weighted by Crippen LogP contribution is 2.16. The molecule has 1 aliphatic rings. The second kappa shape index (κ2) is 5.87. The molecule has 0 radical (unpaired) electrons. The minimum Gasteiger partial charge on any atom is -0.497 e. The summed E-state index contributed by atoms with van der Waals surface area (Å²) in [4.78, 5) is 13.8. The number of ether oxygens (including phenoxy) is 1. The summed E-state index contributed by atoms with van der Waals surface area (Å²) in [6, 6.07) is 8.00. The van der Waals surface area contributed by atoms with Crippen molar-refractivity contribution < 1.29 is 9.53 Å². The van der Waals surface area contributed by atoms with Crippen molar-refractivity contribution in [2.24, 2.45) is 5.73 Å². The van der Waals surface area contributed by atoms with Gasteiger partial charge >= 0.3 is 0 Å². The summed E-state index contributed by atoms with van der Waals surface area (Å²) in [7, 11) is 1.65. The summed E-state index contributed by atoms with van der Waals surface area (Å²) in [6.07, 6.45) is 2.26. The Morgan fingerprint density at radius 2 is 2.06 bits per heavy atom. The molecule has 0 spiro atoms. The number of amides is 1. The number of carbonyl (C=O) groups excluding carboxylic acids is 1. The Hall–Kier alpha value is -1.55. The maximum atomic E-state index is 11.9. The topological polar surface area (TPSA) is 55.6 Å². The molecule has 1 amide bonds. The van der Waals surface area contributed by atoms with Crippen molar-refractivity contribution in [3.63, 3.8) is 0 Å². The highest BCUT2D eigenvalue weighted by molar-refractivity contribution is 5.76. The molecule has 0 aliphatic carbocycles. The normalized spacial score (nSPS) is 20.7. The lowest BCUT2D eigenvalue weighted by Crippen LogP contribution is -2.30. The maximum absolute atomic E-state index is 11.9. The molecule has 4 heteroatoms. The van der Waals surface area contributed by atoms with Gasteiger partial charge in [0.05, 0.1) is 7.11 Å². The van der Waals surface area contributed by atoms with Gasteiger partial charge in [-0.25, -0.2) is 0 Å². The van der Waals surface area contributed by atoms with Gasteiger partial charge < -0.3 is 15.4 Å². The van der Waals surface area contributed by atoms with Crippen LogP contribution in [-0.2, 0) is 11.3 Å². The molecule has 1 unspecified atom stereocenters. The van der Waals surface area contributed by atoms with Gasteiger partial charge in [0.2, 0.25) is 5.91 Å². The Morgan fingerprint density at radius 1 is 1.33 bits per heavy atom. The lowest BCUT2D eigenvalue weighted by molar-refractivity contribution is -0.131. The van der Waals surface area contributed by atoms with Crippen LogP contribution in [0.2, 0.25) is 0 Å². The van der Waals surface area contributed by atoms with Gasteiger partial charge in [-0.2, -0.15) is 0 Å². The van der Waals surface area contributed by atoms with E-state index in [1.807, 2.05) is 29.2 Å². The first kappa shape index (κ1) is 12.9. The Morgan fingerprint density at radius 3 is 2.72 bits per heavy atom. The predicted octanol–water partition coefficient (Wildman–Crippen LogP) is 1.53. The van der Waals surface area contributed by atoms with Crippen LogP contribution >= 0.6 is 0 Å². The first-order valence-electron chi connectivity index (χ1n) is 6.35. The quantitative estimate of drug-likeness (QED) is 0.882. The smallest absolute Gasteiger partial charge is 0.222 e. The average Bonchev–Trinajstić information content (AvgIpc) is 2.55. The van der Waals surface area contributed by atoms with E-state index in [0.717, 1.165) is 30.7 Å². The molecular formula is C14H20N2O2. The van der Waals surface area contributed by atoms with Crippen LogP contribution in [0.5, 0.6) is 5.75 Å². The molecule has 2 rings (SSSR count). The molecule has 1 saturated heterocycles. The summed E-state index contributed by atoms with van der Waals surface area (Å²) in [5.74, 6) is 1.04. The zero-order valence-corrected chi connectivity index (χ0v) is 10.8. The minimum absolute atomic E-state index is 0.162. The van der Waals surface area contributed by atoms with Crippen molar-refractivity contribution >= 4 is 5.91 Å². The molecule has 1 aromatic rings. The van der Waals surface area contributed by atoms with Gasteiger partial charge in [-0.05, 0) is 30.5 Å². The molecule has 4 nitrogen and oxygen atoms in total. The predicted molar refractivity (Wildman–Crippen MR) is 70.2 cm³/mol. The molecule has 1 fully saturated rings. The van der Waals surface area contributed by atoms with E-state index < -0.39 is 0 Å². The minimum atomic E-state index is 0.162. The van der Waals surface area contributed by atoms with E-state index in [1.165, 1.54) is 0 Å². The molecular weight excluding hydrogens is 228 g/mol. The summed E-state index contributed by atoms with van der Waals surface area (Å²) in [6.45, 7) is 1.42. The fourth-order valence-electron chi connectivity index (χ4n) is 2.18. The number of hydrogen-bond donors (Lipinski definition) is 1. The van der Waals surface area contributed by atoms with Crippen LogP contribution in [0.3, 0.4) is 0 Å². The van der Waals surface area contributed by atoms with E-state index in [0.29, 0.717) is 13.0 Å². The fourth-order valence-corrected chi connectivity index (χ4v) is 2.18. The Bertz CT molecular complexity index is 403. The fraction of sp³-hybridized carbons (Fsp3) is 0.500. The van der Waals surface area contributed by atoms with Crippen molar-refractivity contribution in [2.45, 2.75) is 31.8 Å². The monoisotopic (exact) mass is 248 g/mol. The van der Waals surface area contributed by atoms with Gasteiger partial charge in [0.15, 0.2) is 0 Å². The van der Waals surface area contributed by atoms with Crippen LogP contribution in [0, 0.1) is 0 Å². The van der Waals surface area contributed by atoms with E-state index in [9.17, 15) is 4.79 Å². The SMILES string of the molecule is COc1ccc(CN2CCC(N)CCC2=O)cc1. The number of nitrogens with zero attached hydrogens (tertiary/aromatic N) is 1. The standard InChI is InChI=1S/C14H20N2O2/c1-18-13-5-2-11(3-6-13)10-16-9-8-12(15)4-7-14(16)17/h2-3,5-6,12H,4,7-10,15H2,1H3. The molecule has 1 atom stereocenters. The molecule has 2 N–H and O–H groups in total. The van der Waals surface area contributed by atoms with Crippen molar-refractivity contribution in [1.82, 2.24) is 4.90 Å². The van der Waals surface area contributed by atoms with Crippen molar-refractivity contribution in [3.05, 3.63) is 29.8 Å². The summed E-state index contributed by atoms with van der Waals surface area (Å²) in [5.41, 5.74) is 7.02. The van der Waals surface area contributed by atoms with Gasteiger partial charge in [-0.1, -0.05) is 12.1 Å². The molecule has 98 valence electrons. The first-order chi connectivity index (χ1) is 8.69. The van der Waals surface area contributed by atoms with Gasteiger partial charge in [0, 0.05) is 25.6 Å². The van der Waals surface area contributed by atoms with Crippen LogP contribution in [0.1, 0.15) is 24.8 Å². The Balaban J connectivity index is 2.00. The van der Waals surface area contributed by atoms with Gasteiger partial charge in [-0.15, -0.1) is 0 Å². The molecule has 18 heavy (non-hydrogen) atoms. The number of nitrogens with two attached hydrogens (primary N) is 1. The molecule has 0 saturated carbocycles. The number of benzene rings is 1. The lowest BCUT2D eigenvalue weighted by atomic mass is 10.1. The third-order valence-corrected chi connectivity index (χ3v) is 3.38. The van der Waals surface area contributed by atoms with Crippen molar-refractivity contribution in [1.29, 1.82) is 0 Å². The lowest BCUT2D eigenvalue weighted by Gasteiger charge is -2.20. The summed E-state index contributed by atoms with van der Waals surface area (Å²) >= 11 is 0. The van der Waals surface area contributed by atoms with E-state index in [4.69, 9.17) is 10.5 Å². The van der Waals surface area contributed by atoms with E-state index >= 15 is 0 Å². The van der Waals surface area contributed by atoms with Crippen LogP contribution < -0.4 is 10.5 Å². The van der Waals surface area contributed by atoms with Gasteiger partial charge in [0.25, 0.3) is 0 Å². The Labute approximate surface area is 108 Å². The van der Waals surface area contributed by atoms with Gasteiger partial charge in [-0.3, -0.25) is 4.79 Å². The number of carbonyl (C=O) groups is 1. The number of rotatable bonds is 3. The number of hydrogen-bond acceptors (Lipinski definition) is 3. The van der Waals surface area contributed by atoms with E-state index in [2.05, 4.69) is 0 Å². The zero-order chi connectivity index (χ0) is 13.0. The molecule has 1 heterocycles. The molecule has 0 aromatic heterocycles. The average molecular weight is 248 g/mol. The second-order valence-corrected chi connectivity index (χ2v) is 4.75. The highest BCUT2D eigenvalue weighted by atomic mass is 16.5. The van der Waals surface area contributed by atoms with Crippen LogP contribution in [0.25, 0.3) is 0 Å².